The Morgan fingerprint density at radius 3 is 3.05 bits per heavy atom. The van der Waals surface area contributed by atoms with Gasteiger partial charge in [-0.15, -0.1) is 0 Å². The molecule has 5 heteroatoms. The molecular formula is C16H20N2O3. The van der Waals surface area contributed by atoms with E-state index in [2.05, 4.69) is 10.6 Å². The van der Waals surface area contributed by atoms with Gasteiger partial charge in [-0.25, -0.2) is 0 Å². The Hall–Kier alpha value is -1.59. The van der Waals surface area contributed by atoms with Gasteiger partial charge in [-0.05, 0) is 42.9 Å². The number of ether oxygens (including phenoxy) is 2. The molecule has 1 aliphatic carbocycles. The lowest BCUT2D eigenvalue weighted by Crippen LogP contribution is -2.37. The number of amides is 1. The fraction of sp³-hybridized carbons (Fsp3) is 0.562. The van der Waals surface area contributed by atoms with Gasteiger partial charge in [0.1, 0.15) is 5.75 Å². The van der Waals surface area contributed by atoms with Gasteiger partial charge >= 0.3 is 0 Å². The van der Waals surface area contributed by atoms with Gasteiger partial charge in [0, 0.05) is 19.2 Å². The highest BCUT2D eigenvalue weighted by Crippen LogP contribution is 2.38. The minimum atomic E-state index is -0.0920. The number of anilines is 1. The normalized spacial score (nSPS) is 27.9. The summed E-state index contributed by atoms with van der Waals surface area (Å²) in [7, 11) is 0. The van der Waals surface area contributed by atoms with Crippen LogP contribution in [0.5, 0.6) is 5.75 Å². The quantitative estimate of drug-likeness (QED) is 0.885. The Labute approximate surface area is 124 Å². The smallest absolute Gasteiger partial charge is 0.262 e. The molecule has 1 amide bonds. The second-order valence-corrected chi connectivity index (χ2v) is 6.12. The van der Waals surface area contributed by atoms with Crippen LogP contribution in [0.25, 0.3) is 0 Å². The molecular weight excluding hydrogens is 268 g/mol. The lowest BCUT2D eigenvalue weighted by Gasteiger charge is -2.21. The Balaban J connectivity index is 1.40. The zero-order chi connectivity index (χ0) is 14.2. The Bertz CT molecular complexity index is 556. The Morgan fingerprint density at radius 2 is 2.19 bits per heavy atom. The largest absolute Gasteiger partial charge is 0.482 e. The van der Waals surface area contributed by atoms with Crippen LogP contribution in [-0.4, -0.2) is 31.3 Å². The van der Waals surface area contributed by atoms with Crippen LogP contribution < -0.4 is 15.4 Å². The van der Waals surface area contributed by atoms with Crippen LogP contribution in [0.1, 0.15) is 24.8 Å². The molecule has 2 N–H and O–H groups in total. The summed E-state index contributed by atoms with van der Waals surface area (Å²) < 4.78 is 11.2. The van der Waals surface area contributed by atoms with Crippen molar-refractivity contribution in [2.45, 2.75) is 38.0 Å². The SMILES string of the molecule is O=C1COc2ccc(CNC3CCOC3C3CC3)cc2N1. The molecule has 2 atom stereocenters. The molecule has 4 rings (SSSR count). The zero-order valence-corrected chi connectivity index (χ0v) is 11.9. The maximum absolute atomic E-state index is 11.4. The molecule has 3 aliphatic rings. The van der Waals surface area contributed by atoms with Crippen LogP contribution in [-0.2, 0) is 16.1 Å². The third kappa shape index (κ3) is 2.76. The lowest BCUT2D eigenvalue weighted by molar-refractivity contribution is -0.118. The summed E-state index contributed by atoms with van der Waals surface area (Å²) in [4.78, 5) is 11.4. The van der Waals surface area contributed by atoms with Crippen LogP contribution in [0.3, 0.4) is 0 Å². The molecule has 0 bridgehead atoms. The Kier molecular flexibility index (Phi) is 3.31. The van der Waals surface area contributed by atoms with E-state index in [4.69, 9.17) is 9.47 Å². The third-order valence-corrected chi connectivity index (χ3v) is 4.47. The van der Waals surface area contributed by atoms with E-state index in [0.29, 0.717) is 12.1 Å². The molecule has 0 aromatic heterocycles. The molecule has 112 valence electrons. The minimum Gasteiger partial charge on any atom is -0.482 e. The number of rotatable bonds is 4. The topological polar surface area (TPSA) is 59.6 Å². The van der Waals surface area contributed by atoms with Gasteiger partial charge in [-0.3, -0.25) is 4.79 Å². The Morgan fingerprint density at radius 1 is 1.29 bits per heavy atom. The predicted molar refractivity (Wildman–Crippen MR) is 78.3 cm³/mol. The number of hydrogen-bond acceptors (Lipinski definition) is 4. The van der Waals surface area contributed by atoms with E-state index in [1.165, 1.54) is 12.8 Å². The van der Waals surface area contributed by atoms with E-state index in [1.54, 1.807) is 0 Å². The van der Waals surface area contributed by atoms with E-state index in [-0.39, 0.29) is 12.5 Å². The second kappa shape index (κ2) is 5.31. The van der Waals surface area contributed by atoms with Gasteiger partial charge in [0.25, 0.3) is 5.91 Å². The first-order valence-electron chi connectivity index (χ1n) is 7.70. The number of hydrogen-bond donors (Lipinski definition) is 2. The maximum atomic E-state index is 11.4. The van der Waals surface area contributed by atoms with Crippen LogP contribution in [0, 0.1) is 5.92 Å². The van der Waals surface area contributed by atoms with Crippen molar-refractivity contribution in [1.29, 1.82) is 0 Å². The summed E-state index contributed by atoms with van der Waals surface area (Å²) in [6.45, 7) is 1.76. The monoisotopic (exact) mass is 288 g/mol. The molecule has 0 spiro atoms. The molecule has 21 heavy (non-hydrogen) atoms. The summed E-state index contributed by atoms with van der Waals surface area (Å²) >= 11 is 0. The fourth-order valence-electron chi connectivity index (χ4n) is 3.21. The van der Waals surface area contributed by atoms with Crippen molar-refractivity contribution in [3.05, 3.63) is 23.8 Å². The summed E-state index contributed by atoms with van der Waals surface area (Å²) in [5, 5.41) is 6.46. The average Bonchev–Trinajstić information content (AvgIpc) is 3.23. The first-order valence-corrected chi connectivity index (χ1v) is 7.70. The first-order chi connectivity index (χ1) is 10.3. The van der Waals surface area contributed by atoms with Gasteiger partial charge < -0.3 is 20.1 Å². The average molecular weight is 288 g/mol. The first kappa shape index (κ1) is 13.1. The molecule has 1 aromatic rings. The number of carbonyl (C=O) groups excluding carboxylic acids is 1. The predicted octanol–water partition coefficient (Wildman–Crippen LogP) is 1.67. The molecule has 2 aliphatic heterocycles. The third-order valence-electron chi connectivity index (χ3n) is 4.47. The molecule has 1 saturated heterocycles. The van der Waals surface area contributed by atoms with E-state index < -0.39 is 0 Å². The van der Waals surface area contributed by atoms with Gasteiger partial charge in [0.2, 0.25) is 0 Å². The maximum Gasteiger partial charge on any atom is 0.262 e. The highest BCUT2D eigenvalue weighted by atomic mass is 16.5. The minimum absolute atomic E-state index is 0.0920. The van der Waals surface area contributed by atoms with Crippen LogP contribution in [0.2, 0.25) is 0 Å². The van der Waals surface area contributed by atoms with E-state index in [0.717, 1.165) is 42.5 Å². The molecule has 1 saturated carbocycles. The number of nitrogens with one attached hydrogen (secondary N) is 2. The summed E-state index contributed by atoms with van der Waals surface area (Å²) in [5.41, 5.74) is 1.92. The second-order valence-electron chi connectivity index (χ2n) is 6.12. The molecule has 2 unspecified atom stereocenters. The van der Waals surface area contributed by atoms with Crippen molar-refractivity contribution in [3.63, 3.8) is 0 Å². The van der Waals surface area contributed by atoms with Crippen LogP contribution >= 0.6 is 0 Å². The van der Waals surface area contributed by atoms with Crippen molar-refractivity contribution >= 4 is 11.6 Å². The van der Waals surface area contributed by atoms with Crippen LogP contribution in [0.4, 0.5) is 5.69 Å². The molecule has 2 fully saturated rings. The molecule has 0 radical (unpaired) electrons. The molecule has 2 heterocycles. The van der Waals surface area contributed by atoms with E-state index >= 15 is 0 Å². The number of fused-ring (bicyclic) bond motifs is 1. The molecule has 5 nitrogen and oxygen atoms in total. The van der Waals surface area contributed by atoms with Gasteiger partial charge in [-0.1, -0.05) is 6.07 Å². The highest BCUT2D eigenvalue weighted by Gasteiger charge is 2.40. The van der Waals surface area contributed by atoms with Gasteiger partial charge in [0.05, 0.1) is 11.8 Å². The van der Waals surface area contributed by atoms with Crippen molar-refractivity contribution in [3.8, 4) is 5.75 Å². The number of carbonyl (C=O) groups is 1. The van der Waals surface area contributed by atoms with Crippen LogP contribution in [0.15, 0.2) is 18.2 Å². The van der Waals surface area contributed by atoms with Crippen molar-refractivity contribution in [2.24, 2.45) is 5.92 Å². The fourth-order valence-corrected chi connectivity index (χ4v) is 3.21. The lowest BCUT2D eigenvalue weighted by atomic mass is 10.1. The summed E-state index contributed by atoms with van der Waals surface area (Å²) in [5.74, 6) is 1.42. The number of benzene rings is 1. The van der Waals surface area contributed by atoms with Crippen molar-refractivity contribution < 1.29 is 14.3 Å². The van der Waals surface area contributed by atoms with Crippen molar-refractivity contribution in [2.75, 3.05) is 18.5 Å². The van der Waals surface area contributed by atoms with Crippen molar-refractivity contribution in [1.82, 2.24) is 5.32 Å². The summed E-state index contributed by atoms with van der Waals surface area (Å²) in [6.07, 6.45) is 4.10. The standard InChI is InChI=1S/C16H20N2O3/c19-15-9-21-14-4-1-10(7-13(14)18-15)8-17-12-5-6-20-16(12)11-2-3-11/h1,4,7,11-12,16-17H,2-3,5-6,8-9H2,(H,18,19). The highest BCUT2D eigenvalue weighted by molar-refractivity contribution is 5.95. The van der Waals surface area contributed by atoms with Gasteiger partial charge in [-0.2, -0.15) is 0 Å². The van der Waals surface area contributed by atoms with E-state index in [9.17, 15) is 4.79 Å². The van der Waals surface area contributed by atoms with E-state index in [1.807, 2.05) is 18.2 Å². The summed E-state index contributed by atoms with van der Waals surface area (Å²) in [6, 6.07) is 6.42. The van der Waals surface area contributed by atoms with Gasteiger partial charge in [0.15, 0.2) is 6.61 Å². The zero-order valence-electron chi connectivity index (χ0n) is 11.9. The molecule has 1 aromatic carbocycles.